The van der Waals surface area contributed by atoms with Crippen LogP contribution in [0, 0.1) is 0 Å². The monoisotopic (exact) mass is 369 g/mol. The first-order valence-corrected chi connectivity index (χ1v) is 8.19. The molecule has 4 nitrogen and oxygen atoms in total. The number of carbonyl (C=O) groups is 1. The van der Waals surface area contributed by atoms with Gasteiger partial charge >= 0.3 is 0 Å². The maximum Gasteiger partial charge on any atom is 0.257 e. The van der Waals surface area contributed by atoms with Crippen molar-refractivity contribution in [3.63, 3.8) is 0 Å². The van der Waals surface area contributed by atoms with Crippen molar-refractivity contribution in [3.05, 3.63) is 56.3 Å². The standard InChI is InChI=1S/C16H14Cl3N3O/c1-22-3-2-11-9(8-22)6-20-7-12(11)16(23)21-15-13(18)4-10(17)5-14(15)19/h4-7H,2-3,8H2,1H3,(H,21,23). The molecule has 0 atom stereocenters. The molecule has 23 heavy (non-hydrogen) atoms. The molecule has 0 saturated heterocycles. The lowest BCUT2D eigenvalue weighted by molar-refractivity contribution is 0.102. The van der Waals surface area contributed by atoms with Crippen molar-refractivity contribution in [2.24, 2.45) is 0 Å². The lowest BCUT2D eigenvalue weighted by Crippen LogP contribution is -2.29. The Bertz CT molecular complexity index is 756. The molecule has 0 saturated carbocycles. The third-order valence-corrected chi connectivity index (χ3v) is 4.63. The smallest absolute Gasteiger partial charge is 0.257 e. The molecule has 120 valence electrons. The number of likely N-dealkylation sites (N-methyl/N-ethyl adjacent to an activating group) is 1. The number of halogens is 3. The van der Waals surface area contributed by atoms with Crippen LogP contribution in [-0.2, 0) is 13.0 Å². The number of fused-ring (bicyclic) bond motifs is 1. The van der Waals surface area contributed by atoms with E-state index in [2.05, 4.69) is 15.2 Å². The average Bonchev–Trinajstić information content (AvgIpc) is 2.49. The summed E-state index contributed by atoms with van der Waals surface area (Å²) in [5.74, 6) is -0.273. The van der Waals surface area contributed by atoms with Gasteiger partial charge in [0.15, 0.2) is 0 Å². The largest absolute Gasteiger partial charge is 0.319 e. The Kier molecular flexibility index (Phi) is 4.78. The van der Waals surface area contributed by atoms with E-state index in [-0.39, 0.29) is 5.91 Å². The van der Waals surface area contributed by atoms with Crippen LogP contribution in [-0.4, -0.2) is 29.4 Å². The molecule has 7 heteroatoms. The number of nitrogens with one attached hydrogen (secondary N) is 1. The summed E-state index contributed by atoms with van der Waals surface area (Å²) in [7, 11) is 2.04. The van der Waals surface area contributed by atoms with Crippen molar-refractivity contribution in [1.82, 2.24) is 9.88 Å². The van der Waals surface area contributed by atoms with E-state index in [0.29, 0.717) is 26.3 Å². The zero-order valence-electron chi connectivity index (χ0n) is 12.4. The van der Waals surface area contributed by atoms with E-state index in [0.717, 1.165) is 30.6 Å². The number of rotatable bonds is 2. The number of amides is 1. The van der Waals surface area contributed by atoms with Crippen molar-refractivity contribution in [3.8, 4) is 0 Å². The fraction of sp³-hybridized carbons (Fsp3) is 0.250. The molecule has 1 N–H and O–H groups in total. The fourth-order valence-corrected chi connectivity index (χ4v) is 3.58. The highest BCUT2D eigenvalue weighted by atomic mass is 35.5. The summed E-state index contributed by atoms with van der Waals surface area (Å²) in [4.78, 5) is 19.0. The zero-order chi connectivity index (χ0) is 16.6. The molecule has 1 amide bonds. The molecule has 1 aromatic carbocycles. The molecule has 0 unspecified atom stereocenters. The Balaban J connectivity index is 1.92. The minimum atomic E-state index is -0.273. The third-order valence-electron chi connectivity index (χ3n) is 3.82. The SMILES string of the molecule is CN1CCc2c(cncc2C(=O)Nc2c(Cl)cc(Cl)cc2Cl)C1. The van der Waals surface area contributed by atoms with Crippen molar-refractivity contribution in [2.45, 2.75) is 13.0 Å². The Morgan fingerprint density at radius 2 is 1.91 bits per heavy atom. The molecular formula is C16H14Cl3N3O. The van der Waals surface area contributed by atoms with Gasteiger partial charge in [0, 0.05) is 30.5 Å². The maximum atomic E-state index is 12.6. The quantitative estimate of drug-likeness (QED) is 0.858. The first kappa shape index (κ1) is 16.5. The summed E-state index contributed by atoms with van der Waals surface area (Å²) in [6.45, 7) is 1.69. The van der Waals surface area contributed by atoms with Gasteiger partial charge in [0.1, 0.15) is 0 Å². The summed E-state index contributed by atoms with van der Waals surface area (Å²) in [5, 5.41) is 3.78. The number of benzene rings is 1. The molecule has 0 bridgehead atoms. The predicted molar refractivity (Wildman–Crippen MR) is 93.7 cm³/mol. The Labute approximate surface area is 149 Å². The second-order valence-electron chi connectivity index (χ2n) is 5.51. The van der Waals surface area contributed by atoms with Gasteiger partial charge in [-0.15, -0.1) is 0 Å². The Morgan fingerprint density at radius 3 is 2.61 bits per heavy atom. The van der Waals surface area contributed by atoms with E-state index in [1.807, 2.05) is 13.2 Å². The average molecular weight is 371 g/mol. The molecule has 1 aliphatic rings. The van der Waals surface area contributed by atoms with Gasteiger partial charge in [0.2, 0.25) is 0 Å². The number of carbonyl (C=O) groups excluding carboxylic acids is 1. The van der Waals surface area contributed by atoms with Crippen molar-refractivity contribution in [2.75, 3.05) is 18.9 Å². The topological polar surface area (TPSA) is 45.2 Å². The molecule has 0 aliphatic carbocycles. The second kappa shape index (κ2) is 6.65. The van der Waals surface area contributed by atoms with Crippen LogP contribution >= 0.6 is 34.8 Å². The number of aromatic nitrogens is 1. The molecular weight excluding hydrogens is 357 g/mol. The molecule has 0 fully saturated rings. The molecule has 3 rings (SSSR count). The zero-order valence-corrected chi connectivity index (χ0v) is 14.6. The summed E-state index contributed by atoms with van der Waals surface area (Å²) >= 11 is 18.1. The van der Waals surface area contributed by atoms with Gasteiger partial charge in [-0.2, -0.15) is 0 Å². The summed E-state index contributed by atoms with van der Waals surface area (Å²) in [6, 6.07) is 3.08. The number of pyridine rings is 1. The normalized spacial score (nSPS) is 14.4. The molecule has 1 aliphatic heterocycles. The van der Waals surface area contributed by atoms with Crippen LogP contribution in [0.25, 0.3) is 0 Å². The number of nitrogens with zero attached hydrogens (tertiary/aromatic N) is 2. The van der Waals surface area contributed by atoms with Crippen molar-refractivity contribution < 1.29 is 4.79 Å². The second-order valence-corrected chi connectivity index (χ2v) is 6.76. The van der Waals surface area contributed by atoms with Crippen LogP contribution in [0.2, 0.25) is 15.1 Å². The van der Waals surface area contributed by atoms with E-state index < -0.39 is 0 Å². The highest BCUT2D eigenvalue weighted by Gasteiger charge is 2.21. The van der Waals surface area contributed by atoms with Crippen molar-refractivity contribution in [1.29, 1.82) is 0 Å². The van der Waals surface area contributed by atoms with Crippen LogP contribution in [0.3, 0.4) is 0 Å². The number of hydrogen-bond acceptors (Lipinski definition) is 3. The number of hydrogen-bond donors (Lipinski definition) is 1. The third kappa shape index (κ3) is 3.45. The van der Waals surface area contributed by atoms with Crippen LogP contribution < -0.4 is 5.32 Å². The molecule has 2 aromatic rings. The predicted octanol–water partition coefficient (Wildman–Crippen LogP) is 4.28. The van der Waals surface area contributed by atoms with Gasteiger partial charge in [0.05, 0.1) is 21.3 Å². The van der Waals surface area contributed by atoms with Gasteiger partial charge in [-0.3, -0.25) is 9.78 Å². The van der Waals surface area contributed by atoms with Crippen LogP contribution in [0.1, 0.15) is 21.5 Å². The number of anilines is 1. The Hall–Kier alpha value is -1.33. The van der Waals surface area contributed by atoms with E-state index >= 15 is 0 Å². The van der Waals surface area contributed by atoms with Crippen LogP contribution in [0.15, 0.2) is 24.5 Å². The molecule has 1 aromatic heterocycles. The van der Waals surface area contributed by atoms with Gasteiger partial charge in [-0.05, 0) is 36.7 Å². The summed E-state index contributed by atoms with van der Waals surface area (Å²) < 4.78 is 0. The van der Waals surface area contributed by atoms with E-state index in [9.17, 15) is 4.79 Å². The molecule has 0 radical (unpaired) electrons. The van der Waals surface area contributed by atoms with Crippen LogP contribution in [0.4, 0.5) is 5.69 Å². The fourth-order valence-electron chi connectivity index (χ4n) is 2.67. The van der Waals surface area contributed by atoms with Crippen LogP contribution in [0.5, 0.6) is 0 Å². The molecule has 0 spiro atoms. The first-order valence-electron chi connectivity index (χ1n) is 7.06. The Morgan fingerprint density at radius 1 is 1.22 bits per heavy atom. The van der Waals surface area contributed by atoms with E-state index in [1.165, 1.54) is 12.1 Å². The lowest BCUT2D eigenvalue weighted by Gasteiger charge is -2.26. The molecule has 2 heterocycles. The minimum Gasteiger partial charge on any atom is -0.319 e. The lowest BCUT2D eigenvalue weighted by atomic mass is 9.97. The highest BCUT2D eigenvalue weighted by Crippen LogP contribution is 2.34. The van der Waals surface area contributed by atoms with Gasteiger partial charge in [-0.1, -0.05) is 34.8 Å². The van der Waals surface area contributed by atoms with Gasteiger partial charge in [0.25, 0.3) is 5.91 Å². The van der Waals surface area contributed by atoms with E-state index in [4.69, 9.17) is 34.8 Å². The van der Waals surface area contributed by atoms with Gasteiger partial charge < -0.3 is 10.2 Å². The highest BCUT2D eigenvalue weighted by molar-refractivity contribution is 6.42. The van der Waals surface area contributed by atoms with E-state index in [1.54, 1.807) is 6.20 Å². The maximum absolute atomic E-state index is 12.6. The van der Waals surface area contributed by atoms with Gasteiger partial charge in [-0.25, -0.2) is 0 Å². The summed E-state index contributed by atoms with van der Waals surface area (Å²) in [5.41, 5.74) is 3.00. The first-order chi connectivity index (χ1) is 11.0. The van der Waals surface area contributed by atoms with Crippen molar-refractivity contribution >= 4 is 46.4 Å². The minimum absolute atomic E-state index is 0.273. The summed E-state index contributed by atoms with van der Waals surface area (Å²) in [6.07, 6.45) is 4.19.